The minimum Gasteiger partial charge on any atom is -0.494 e. The molecule has 0 heterocycles. The van der Waals surface area contributed by atoms with Crippen LogP contribution in [0.1, 0.15) is 26.3 Å². The molecule has 0 bridgehead atoms. The maximum Gasteiger partial charge on any atom is 0.250 e. The third-order valence-corrected chi connectivity index (χ3v) is 3.73. The fourth-order valence-electron chi connectivity index (χ4n) is 2.26. The Hall–Kier alpha value is -2.86. The predicted molar refractivity (Wildman–Crippen MR) is 118 cm³/mol. The van der Waals surface area contributed by atoms with Crippen LogP contribution in [0, 0.1) is 5.92 Å². The molecule has 2 N–H and O–H groups in total. The molecule has 0 aliphatic heterocycles. The van der Waals surface area contributed by atoms with E-state index in [0.717, 1.165) is 22.7 Å². The smallest absolute Gasteiger partial charge is 0.250 e. The highest BCUT2D eigenvalue weighted by atomic mass is 32.1. The second-order valence-electron chi connectivity index (χ2n) is 6.51. The number of rotatable bonds is 8. The van der Waals surface area contributed by atoms with Crippen LogP contribution in [0.4, 0.5) is 5.69 Å². The highest BCUT2D eigenvalue weighted by molar-refractivity contribution is 7.80. The quantitative estimate of drug-likeness (QED) is 0.501. The van der Waals surface area contributed by atoms with Crippen molar-refractivity contribution in [2.45, 2.75) is 20.8 Å². The van der Waals surface area contributed by atoms with Crippen molar-refractivity contribution < 1.29 is 14.3 Å². The number of hydrogen-bond donors (Lipinski definition) is 2. The van der Waals surface area contributed by atoms with Gasteiger partial charge in [0.2, 0.25) is 5.91 Å². The molecule has 0 saturated carbocycles. The lowest BCUT2D eigenvalue weighted by atomic mass is 10.2. The van der Waals surface area contributed by atoms with Gasteiger partial charge in [-0.2, -0.15) is 0 Å². The Morgan fingerprint density at radius 3 is 2.54 bits per heavy atom. The lowest BCUT2D eigenvalue weighted by Gasteiger charge is -2.12. The molecule has 5 nitrogen and oxygen atoms in total. The van der Waals surface area contributed by atoms with Gasteiger partial charge in [-0.15, -0.1) is 0 Å². The van der Waals surface area contributed by atoms with Crippen LogP contribution in [0.25, 0.3) is 6.08 Å². The number of thiocarbonyl (C=S) groups is 1. The summed E-state index contributed by atoms with van der Waals surface area (Å²) in [4.78, 5) is 12.1. The van der Waals surface area contributed by atoms with E-state index in [1.54, 1.807) is 6.08 Å². The van der Waals surface area contributed by atoms with Gasteiger partial charge in [0.05, 0.1) is 13.2 Å². The van der Waals surface area contributed by atoms with Gasteiger partial charge in [0.15, 0.2) is 5.11 Å². The van der Waals surface area contributed by atoms with Gasteiger partial charge in [-0.3, -0.25) is 10.1 Å². The molecule has 0 aliphatic carbocycles. The van der Waals surface area contributed by atoms with E-state index in [-0.39, 0.29) is 11.0 Å². The lowest BCUT2D eigenvalue weighted by Crippen LogP contribution is -2.32. The standard InChI is InChI=1S/C22H26N2O3S/c1-4-26-19-11-8-17(9-12-19)10-13-21(25)24-22(28)23-18-6-5-7-20(14-18)27-15-16(2)3/h5-14,16H,4,15H2,1-3H3,(H2,23,24,25,28)/b13-10+. The fourth-order valence-corrected chi connectivity index (χ4v) is 2.47. The van der Waals surface area contributed by atoms with E-state index < -0.39 is 0 Å². The van der Waals surface area contributed by atoms with Gasteiger partial charge in [0, 0.05) is 17.8 Å². The summed E-state index contributed by atoms with van der Waals surface area (Å²) in [6.07, 6.45) is 3.15. The molecule has 28 heavy (non-hydrogen) atoms. The molecule has 6 heteroatoms. The Morgan fingerprint density at radius 1 is 1.11 bits per heavy atom. The highest BCUT2D eigenvalue weighted by Gasteiger charge is 2.04. The van der Waals surface area contributed by atoms with E-state index in [1.807, 2.05) is 55.5 Å². The van der Waals surface area contributed by atoms with E-state index in [1.165, 1.54) is 6.08 Å². The first kappa shape index (κ1) is 21.4. The number of benzene rings is 2. The lowest BCUT2D eigenvalue weighted by molar-refractivity contribution is -0.115. The Kier molecular flexibility index (Phi) is 8.49. The Labute approximate surface area is 171 Å². The van der Waals surface area contributed by atoms with Crippen LogP contribution in [0.3, 0.4) is 0 Å². The monoisotopic (exact) mass is 398 g/mol. The second-order valence-corrected chi connectivity index (χ2v) is 6.92. The van der Waals surface area contributed by atoms with Crippen LogP contribution >= 0.6 is 12.2 Å². The summed E-state index contributed by atoms with van der Waals surface area (Å²) < 4.78 is 11.1. The Bertz CT molecular complexity index is 817. The summed E-state index contributed by atoms with van der Waals surface area (Å²) in [6, 6.07) is 14.9. The van der Waals surface area contributed by atoms with E-state index in [9.17, 15) is 4.79 Å². The molecule has 0 aliphatic rings. The molecule has 148 valence electrons. The number of carbonyl (C=O) groups is 1. The fraction of sp³-hybridized carbons (Fsp3) is 0.273. The van der Waals surface area contributed by atoms with Crippen molar-refractivity contribution in [3.05, 3.63) is 60.2 Å². The van der Waals surface area contributed by atoms with Crippen LogP contribution in [0.15, 0.2) is 54.6 Å². The largest absolute Gasteiger partial charge is 0.494 e. The Morgan fingerprint density at radius 2 is 1.86 bits per heavy atom. The summed E-state index contributed by atoms with van der Waals surface area (Å²) in [5.41, 5.74) is 1.65. The average molecular weight is 399 g/mol. The molecule has 0 unspecified atom stereocenters. The summed E-state index contributed by atoms with van der Waals surface area (Å²) in [6.45, 7) is 7.38. The van der Waals surface area contributed by atoms with E-state index in [2.05, 4.69) is 24.5 Å². The first-order valence-corrected chi connectivity index (χ1v) is 9.63. The minimum atomic E-state index is -0.307. The van der Waals surface area contributed by atoms with Gasteiger partial charge in [-0.1, -0.05) is 32.0 Å². The van der Waals surface area contributed by atoms with Crippen molar-refractivity contribution in [3.63, 3.8) is 0 Å². The summed E-state index contributed by atoms with van der Waals surface area (Å²) >= 11 is 5.20. The molecule has 1 amide bonds. The molecular formula is C22H26N2O3S. The number of carbonyl (C=O) groups excluding carboxylic acids is 1. The number of ether oxygens (including phenoxy) is 2. The molecule has 2 aromatic carbocycles. The molecule has 0 fully saturated rings. The normalized spacial score (nSPS) is 10.7. The number of nitrogens with one attached hydrogen (secondary N) is 2. The maximum absolute atomic E-state index is 12.1. The van der Waals surface area contributed by atoms with Gasteiger partial charge in [0.1, 0.15) is 11.5 Å². The van der Waals surface area contributed by atoms with Crippen LogP contribution in [-0.2, 0) is 4.79 Å². The van der Waals surface area contributed by atoms with Crippen molar-refractivity contribution in [2.24, 2.45) is 5.92 Å². The van der Waals surface area contributed by atoms with Crippen molar-refractivity contribution >= 4 is 35.0 Å². The molecule has 2 rings (SSSR count). The zero-order chi connectivity index (χ0) is 20.4. The van der Waals surface area contributed by atoms with Gasteiger partial charge in [0.25, 0.3) is 0 Å². The van der Waals surface area contributed by atoms with Crippen molar-refractivity contribution in [1.82, 2.24) is 5.32 Å². The second kappa shape index (κ2) is 11.1. The number of anilines is 1. The van der Waals surface area contributed by atoms with E-state index in [0.29, 0.717) is 19.1 Å². The third-order valence-electron chi connectivity index (χ3n) is 3.53. The van der Waals surface area contributed by atoms with Gasteiger partial charge in [-0.05, 0) is 61.0 Å². The number of amides is 1. The van der Waals surface area contributed by atoms with Crippen LogP contribution in [0.2, 0.25) is 0 Å². The SMILES string of the molecule is CCOc1ccc(/C=C/C(=O)NC(=S)Nc2cccc(OCC(C)C)c2)cc1. The Balaban J connectivity index is 1.85. The number of hydrogen-bond acceptors (Lipinski definition) is 4. The third kappa shape index (κ3) is 7.80. The zero-order valence-corrected chi connectivity index (χ0v) is 17.2. The van der Waals surface area contributed by atoms with Gasteiger partial charge in [-0.25, -0.2) is 0 Å². The van der Waals surface area contributed by atoms with Crippen molar-refractivity contribution in [1.29, 1.82) is 0 Å². The van der Waals surface area contributed by atoms with E-state index >= 15 is 0 Å². The predicted octanol–water partition coefficient (Wildman–Crippen LogP) is 4.65. The van der Waals surface area contributed by atoms with Gasteiger partial charge >= 0.3 is 0 Å². The van der Waals surface area contributed by atoms with E-state index in [4.69, 9.17) is 21.7 Å². The first-order chi connectivity index (χ1) is 13.5. The van der Waals surface area contributed by atoms with Crippen molar-refractivity contribution in [2.75, 3.05) is 18.5 Å². The van der Waals surface area contributed by atoms with Gasteiger partial charge < -0.3 is 14.8 Å². The molecule has 0 atom stereocenters. The summed E-state index contributed by atoms with van der Waals surface area (Å²) in [5, 5.41) is 5.84. The van der Waals surface area contributed by atoms with Crippen LogP contribution in [0.5, 0.6) is 11.5 Å². The molecule has 0 radical (unpaired) electrons. The zero-order valence-electron chi connectivity index (χ0n) is 16.4. The minimum absolute atomic E-state index is 0.224. The topological polar surface area (TPSA) is 59.6 Å². The molecule has 0 spiro atoms. The highest BCUT2D eigenvalue weighted by Crippen LogP contribution is 2.18. The molecule has 2 aromatic rings. The summed E-state index contributed by atoms with van der Waals surface area (Å²) in [7, 11) is 0. The first-order valence-electron chi connectivity index (χ1n) is 9.22. The maximum atomic E-state index is 12.1. The molecular weight excluding hydrogens is 372 g/mol. The van der Waals surface area contributed by atoms with Crippen molar-refractivity contribution in [3.8, 4) is 11.5 Å². The molecule has 0 aromatic heterocycles. The average Bonchev–Trinajstić information content (AvgIpc) is 2.66. The summed E-state index contributed by atoms with van der Waals surface area (Å²) in [5.74, 6) is 1.69. The molecule has 0 saturated heterocycles. The van der Waals surface area contributed by atoms with Crippen LogP contribution < -0.4 is 20.1 Å². The van der Waals surface area contributed by atoms with Crippen LogP contribution in [-0.4, -0.2) is 24.2 Å².